The minimum atomic E-state index is -0.481. The summed E-state index contributed by atoms with van der Waals surface area (Å²) in [6.45, 7) is -0.117. The highest BCUT2D eigenvalue weighted by atomic mass is 32.2. The van der Waals surface area contributed by atoms with Gasteiger partial charge in [-0.25, -0.2) is 4.39 Å². The van der Waals surface area contributed by atoms with Crippen LogP contribution in [0, 0.1) is 5.82 Å². The molecule has 1 heterocycles. The normalized spacial score (nSPS) is 15.9. The van der Waals surface area contributed by atoms with Crippen LogP contribution in [0.3, 0.4) is 0 Å². The Morgan fingerprint density at radius 1 is 1.24 bits per heavy atom. The van der Waals surface area contributed by atoms with Gasteiger partial charge in [0.2, 0.25) is 0 Å². The summed E-state index contributed by atoms with van der Waals surface area (Å²) in [4.78, 5) is 25.8. The van der Waals surface area contributed by atoms with Crippen LogP contribution in [0.25, 0.3) is 6.08 Å². The molecule has 7 heteroatoms. The first-order chi connectivity index (χ1) is 12.0. The number of amides is 2. The fourth-order valence-electron chi connectivity index (χ4n) is 2.37. The van der Waals surface area contributed by atoms with Crippen molar-refractivity contribution in [2.24, 2.45) is 0 Å². The number of nitrogens with zero attached hydrogens (tertiary/aromatic N) is 1. The molecule has 1 N–H and O–H groups in total. The summed E-state index contributed by atoms with van der Waals surface area (Å²) < 4.78 is 18.8. The molecule has 1 aliphatic rings. The molecule has 0 saturated carbocycles. The van der Waals surface area contributed by atoms with Crippen LogP contribution in [0.5, 0.6) is 11.5 Å². The SMILES string of the molecule is COc1cc(/C=C2/SC(=O)N(Cc3ccccc3F)C2=O)ccc1O. The lowest BCUT2D eigenvalue weighted by Crippen LogP contribution is -2.27. The molecule has 0 bridgehead atoms. The highest BCUT2D eigenvalue weighted by Gasteiger charge is 2.35. The zero-order chi connectivity index (χ0) is 18.0. The van der Waals surface area contributed by atoms with Crippen molar-refractivity contribution in [1.29, 1.82) is 0 Å². The highest BCUT2D eigenvalue weighted by Crippen LogP contribution is 2.35. The molecule has 0 atom stereocenters. The number of rotatable bonds is 4. The number of aromatic hydroxyl groups is 1. The molecule has 2 amide bonds. The molecule has 0 aliphatic carbocycles. The number of carbonyl (C=O) groups is 2. The molecule has 2 aromatic carbocycles. The lowest BCUT2D eigenvalue weighted by atomic mass is 10.1. The van der Waals surface area contributed by atoms with E-state index in [4.69, 9.17) is 4.74 Å². The van der Waals surface area contributed by atoms with Crippen molar-refractivity contribution in [3.8, 4) is 11.5 Å². The maximum atomic E-state index is 13.8. The molecule has 1 aliphatic heterocycles. The highest BCUT2D eigenvalue weighted by molar-refractivity contribution is 8.18. The summed E-state index contributed by atoms with van der Waals surface area (Å²) in [6, 6.07) is 10.6. The van der Waals surface area contributed by atoms with E-state index in [2.05, 4.69) is 0 Å². The molecule has 5 nitrogen and oxygen atoms in total. The number of hydrogen-bond donors (Lipinski definition) is 1. The van der Waals surface area contributed by atoms with Gasteiger partial charge in [-0.2, -0.15) is 0 Å². The summed E-state index contributed by atoms with van der Waals surface area (Å²) in [5.41, 5.74) is 0.878. The van der Waals surface area contributed by atoms with E-state index in [1.165, 1.54) is 31.4 Å². The lowest BCUT2D eigenvalue weighted by Gasteiger charge is -2.12. The van der Waals surface area contributed by atoms with Crippen LogP contribution in [-0.4, -0.2) is 28.3 Å². The first-order valence-electron chi connectivity index (χ1n) is 7.35. The largest absolute Gasteiger partial charge is 0.504 e. The lowest BCUT2D eigenvalue weighted by molar-refractivity contribution is -0.123. The van der Waals surface area contributed by atoms with Gasteiger partial charge in [-0.05, 0) is 41.6 Å². The van der Waals surface area contributed by atoms with E-state index >= 15 is 0 Å². The van der Waals surface area contributed by atoms with Crippen LogP contribution in [0.4, 0.5) is 9.18 Å². The van der Waals surface area contributed by atoms with Gasteiger partial charge in [0.05, 0.1) is 18.6 Å². The number of hydrogen-bond acceptors (Lipinski definition) is 5. The van der Waals surface area contributed by atoms with Crippen molar-refractivity contribution >= 4 is 29.0 Å². The Balaban J connectivity index is 1.85. The van der Waals surface area contributed by atoms with Gasteiger partial charge in [-0.1, -0.05) is 24.3 Å². The average Bonchev–Trinajstić information content (AvgIpc) is 2.86. The first-order valence-corrected chi connectivity index (χ1v) is 8.17. The number of imide groups is 1. The van der Waals surface area contributed by atoms with Gasteiger partial charge >= 0.3 is 0 Å². The zero-order valence-corrected chi connectivity index (χ0v) is 14.0. The van der Waals surface area contributed by atoms with Crippen molar-refractivity contribution in [2.45, 2.75) is 6.54 Å². The van der Waals surface area contributed by atoms with E-state index in [0.717, 1.165) is 16.7 Å². The third-order valence-corrected chi connectivity index (χ3v) is 4.57. The third kappa shape index (κ3) is 3.51. The van der Waals surface area contributed by atoms with Crippen molar-refractivity contribution in [1.82, 2.24) is 4.90 Å². The number of phenols is 1. The summed E-state index contributed by atoms with van der Waals surface area (Å²) >= 11 is 0.792. The first kappa shape index (κ1) is 17.0. The second-order valence-electron chi connectivity index (χ2n) is 5.29. The van der Waals surface area contributed by atoms with E-state index in [1.54, 1.807) is 24.3 Å². The van der Waals surface area contributed by atoms with Gasteiger partial charge in [-0.3, -0.25) is 14.5 Å². The molecule has 1 fully saturated rings. The number of carbonyl (C=O) groups excluding carboxylic acids is 2. The summed E-state index contributed by atoms with van der Waals surface area (Å²) in [5, 5.41) is 9.15. The molecule has 0 spiro atoms. The number of methoxy groups -OCH3 is 1. The molecule has 0 radical (unpaired) electrons. The predicted molar refractivity (Wildman–Crippen MR) is 92.6 cm³/mol. The second kappa shape index (κ2) is 6.98. The average molecular weight is 359 g/mol. The number of ether oxygens (including phenoxy) is 1. The Morgan fingerprint density at radius 2 is 2.00 bits per heavy atom. The summed E-state index contributed by atoms with van der Waals surface area (Å²) in [7, 11) is 1.42. The smallest absolute Gasteiger partial charge is 0.293 e. The Hall–Kier alpha value is -2.80. The zero-order valence-electron chi connectivity index (χ0n) is 13.2. The fraction of sp³-hybridized carbons (Fsp3) is 0.111. The Labute approximate surface area is 147 Å². The molecule has 128 valence electrons. The monoisotopic (exact) mass is 359 g/mol. The Bertz CT molecular complexity index is 881. The Kier molecular flexibility index (Phi) is 4.76. The van der Waals surface area contributed by atoms with Gasteiger partial charge in [0.25, 0.3) is 11.1 Å². The number of halogens is 1. The van der Waals surface area contributed by atoms with E-state index < -0.39 is 17.0 Å². The van der Waals surface area contributed by atoms with Crippen LogP contribution in [0.2, 0.25) is 0 Å². The predicted octanol–water partition coefficient (Wildman–Crippen LogP) is 3.78. The van der Waals surface area contributed by atoms with Gasteiger partial charge < -0.3 is 9.84 Å². The molecule has 1 saturated heterocycles. The van der Waals surface area contributed by atoms with Gasteiger partial charge in [0.15, 0.2) is 11.5 Å². The topological polar surface area (TPSA) is 66.8 Å². The Morgan fingerprint density at radius 3 is 2.72 bits per heavy atom. The van der Waals surface area contributed by atoms with Crippen molar-refractivity contribution in [3.63, 3.8) is 0 Å². The van der Waals surface area contributed by atoms with Crippen LogP contribution in [0.1, 0.15) is 11.1 Å². The quantitative estimate of drug-likeness (QED) is 0.842. The summed E-state index contributed by atoms with van der Waals surface area (Å²) in [5.74, 6) is -0.703. The van der Waals surface area contributed by atoms with Gasteiger partial charge in [0.1, 0.15) is 5.82 Å². The molecule has 0 unspecified atom stereocenters. The van der Waals surface area contributed by atoms with Crippen molar-refractivity contribution in [2.75, 3.05) is 7.11 Å². The number of benzene rings is 2. The van der Waals surface area contributed by atoms with E-state index in [1.807, 2.05) is 0 Å². The van der Waals surface area contributed by atoms with Crippen LogP contribution in [-0.2, 0) is 11.3 Å². The minimum Gasteiger partial charge on any atom is -0.504 e. The van der Waals surface area contributed by atoms with E-state index in [0.29, 0.717) is 5.56 Å². The number of phenolic OH excluding ortho intramolecular Hbond substituents is 1. The maximum Gasteiger partial charge on any atom is 0.293 e. The summed E-state index contributed by atoms with van der Waals surface area (Å²) in [6.07, 6.45) is 1.54. The third-order valence-electron chi connectivity index (χ3n) is 3.66. The molecular formula is C18H14FNO4S. The van der Waals surface area contributed by atoms with Crippen molar-refractivity contribution < 1.29 is 23.8 Å². The van der Waals surface area contributed by atoms with Crippen LogP contribution in [0.15, 0.2) is 47.4 Å². The van der Waals surface area contributed by atoms with Gasteiger partial charge in [0, 0.05) is 5.56 Å². The molecule has 0 aromatic heterocycles. The standard InChI is InChI=1S/C18H14FNO4S/c1-24-15-8-11(6-7-14(15)21)9-16-17(22)20(18(23)25-16)10-12-4-2-3-5-13(12)19/h2-9,21H,10H2,1H3/b16-9+. The molecule has 2 aromatic rings. The molecule has 3 rings (SSSR count). The van der Waals surface area contributed by atoms with E-state index in [-0.39, 0.29) is 28.5 Å². The molecular weight excluding hydrogens is 345 g/mol. The fourth-order valence-corrected chi connectivity index (χ4v) is 3.21. The van der Waals surface area contributed by atoms with Crippen LogP contribution >= 0.6 is 11.8 Å². The van der Waals surface area contributed by atoms with Gasteiger partial charge in [-0.15, -0.1) is 0 Å². The van der Waals surface area contributed by atoms with Crippen LogP contribution < -0.4 is 4.74 Å². The number of thioether (sulfide) groups is 1. The van der Waals surface area contributed by atoms with E-state index in [9.17, 15) is 19.1 Å². The molecule has 25 heavy (non-hydrogen) atoms. The maximum absolute atomic E-state index is 13.8. The minimum absolute atomic E-state index is 0.0210. The second-order valence-corrected chi connectivity index (χ2v) is 6.28. The van der Waals surface area contributed by atoms with Crippen molar-refractivity contribution in [3.05, 3.63) is 64.3 Å².